The van der Waals surface area contributed by atoms with Crippen LogP contribution in [-0.2, 0) is 19.9 Å². The molecule has 136 valence electrons. The van der Waals surface area contributed by atoms with Crippen LogP contribution in [0.1, 0.15) is 6.92 Å². The summed E-state index contributed by atoms with van der Waals surface area (Å²) in [6, 6.07) is 6.11. The number of halogens is 1. The van der Waals surface area contributed by atoms with Gasteiger partial charge in [0.1, 0.15) is 0 Å². The van der Waals surface area contributed by atoms with Gasteiger partial charge in [-0.15, -0.1) is 0 Å². The minimum absolute atomic E-state index is 0.165. The van der Waals surface area contributed by atoms with E-state index in [1.807, 2.05) is 0 Å². The topological polar surface area (TPSA) is 107 Å². The average Bonchev–Trinajstić information content (AvgIpc) is 2.54. The monoisotopic (exact) mass is 405 g/mol. The Morgan fingerprint density at radius 3 is 2.44 bits per heavy atom. The largest absolute Gasteiger partial charge is 0.478 e. The van der Waals surface area contributed by atoms with E-state index in [0.717, 1.165) is 16.8 Å². The van der Waals surface area contributed by atoms with Crippen molar-refractivity contribution in [3.63, 3.8) is 0 Å². The summed E-state index contributed by atoms with van der Waals surface area (Å²) in [5, 5.41) is 0.0263. The van der Waals surface area contributed by atoms with Crippen molar-refractivity contribution < 1.29 is 21.6 Å². The molecule has 1 aromatic carbocycles. The number of anilines is 2. The van der Waals surface area contributed by atoms with Gasteiger partial charge in [-0.1, -0.05) is 24.6 Å². The third-order valence-electron chi connectivity index (χ3n) is 3.16. The summed E-state index contributed by atoms with van der Waals surface area (Å²) >= 11 is 5.94. The first kappa shape index (κ1) is 19.4. The maximum atomic E-state index is 12.3. The van der Waals surface area contributed by atoms with E-state index in [-0.39, 0.29) is 28.2 Å². The predicted octanol–water partition coefficient (Wildman–Crippen LogP) is 2.03. The van der Waals surface area contributed by atoms with Crippen molar-refractivity contribution in [2.45, 2.75) is 11.9 Å². The summed E-state index contributed by atoms with van der Waals surface area (Å²) in [6.45, 7) is 1.46. The molecule has 0 aliphatic heterocycles. The quantitative estimate of drug-likeness (QED) is 0.723. The number of benzene rings is 1. The van der Waals surface area contributed by atoms with Crippen LogP contribution in [0.15, 0.2) is 35.5 Å². The van der Waals surface area contributed by atoms with Gasteiger partial charge in [0.15, 0.2) is 14.9 Å². The summed E-state index contributed by atoms with van der Waals surface area (Å²) in [5.41, 5.74) is 0.216. The number of ether oxygens (including phenoxy) is 1. The van der Waals surface area contributed by atoms with E-state index in [1.165, 1.54) is 26.2 Å². The highest BCUT2D eigenvalue weighted by atomic mass is 35.5. The Labute approximate surface area is 151 Å². The molecule has 0 radical (unpaired) electrons. The molecule has 0 unspecified atom stereocenters. The highest BCUT2D eigenvalue weighted by Gasteiger charge is 2.27. The zero-order valence-electron chi connectivity index (χ0n) is 13.7. The number of rotatable bonds is 6. The Morgan fingerprint density at radius 2 is 1.92 bits per heavy atom. The van der Waals surface area contributed by atoms with Crippen LogP contribution in [0.3, 0.4) is 0 Å². The van der Waals surface area contributed by atoms with Crippen molar-refractivity contribution in [2.24, 2.45) is 0 Å². The molecule has 0 N–H and O–H groups in total. The number of methoxy groups -OCH3 is 1. The lowest BCUT2D eigenvalue weighted by Crippen LogP contribution is -2.26. The van der Waals surface area contributed by atoms with Gasteiger partial charge in [0.25, 0.3) is 5.88 Å². The normalized spacial score (nSPS) is 12.0. The number of nitrogens with zero attached hydrogens (tertiary/aromatic N) is 3. The lowest BCUT2D eigenvalue weighted by molar-refractivity contribution is 0.393. The zero-order chi connectivity index (χ0) is 18.8. The molecular weight excluding hydrogens is 390 g/mol. The molecule has 1 heterocycles. The van der Waals surface area contributed by atoms with Crippen LogP contribution in [0.25, 0.3) is 0 Å². The molecule has 8 nitrogen and oxygen atoms in total. The van der Waals surface area contributed by atoms with Crippen LogP contribution in [0.4, 0.5) is 11.5 Å². The molecule has 2 aromatic rings. The fourth-order valence-corrected chi connectivity index (χ4v) is 3.85. The Bertz CT molecular complexity index is 993. The van der Waals surface area contributed by atoms with Gasteiger partial charge in [0.2, 0.25) is 15.8 Å². The zero-order valence-corrected chi connectivity index (χ0v) is 16.1. The fourth-order valence-electron chi connectivity index (χ4n) is 2.00. The molecule has 0 saturated carbocycles. The first-order valence-electron chi connectivity index (χ1n) is 7.00. The van der Waals surface area contributed by atoms with Crippen molar-refractivity contribution in [1.82, 2.24) is 9.97 Å². The first-order chi connectivity index (χ1) is 11.6. The minimum atomic E-state index is -3.83. The summed E-state index contributed by atoms with van der Waals surface area (Å²) in [4.78, 5) is 7.88. The standard InChI is InChI=1S/C14H16ClN3O5S2/c1-4-25(21,22)12-9-16-13(14(17-12)23-2)18(24(3,19)20)11-7-5-6-10(15)8-11/h5-9H,4H2,1-3H3. The second-order valence-corrected chi connectivity index (χ2v) is 9.44. The van der Waals surface area contributed by atoms with Crippen molar-refractivity contribution in [1.29, 1.82) is 0 Å². The maximum Gasteiger partial charge on any atom is 0.260 e. The summed E-state index contributed by atoms with van der Waals surface area (Å²) in [6.07, 6.45) is 1.98. The fraction of sp³-hybridized carbons (Fsp3) is 0.286. The number of aromatic nitrogens is 2. The van der Waals surface area contributed by atoms with E-state index in [9.17, 15) is 16.8 Å². The number of sulfone groups is 1. The third kappa shape index (κ3) is 4.20. The van der Waals surface area contributed by atoms with Gasteiger partial charge in [-0.05, 0) is 18.2 Å². The number of hydrogen-bond acceptors (Lipinski definition) is 7. The second kappa shape index (κ2) is 7.14. The smallest absolute Gasteiger partial charge is 0.260 e. The maximum absolute atomic E-state index is 12.3. The summed E-state index contributed by atoms with van der Waals surface area (Å²) < 4.78 is 54.4. The molecule has 25 heavy (non-hydrogen) atoms. The van der Waals surface area contributed by atoms with Crippen LogP contribution >= 0.6 is 11.6 Å². The van der Waals surface area contributed by atoms with Gasteiger partial charge >= 0.3 is 0 Å². The van der Waals surface area contributed by atoms with E-state index in [4.69, 9.17) is 16.3 Å². The molecule has 0 aliphatic carbocycles. The predicted molar refractivity (Wildman–Crippen MR) is 94.7 cm³/mol. The molecular formula is C14H16ClN3O5S2. The van der Waals surface area contributed by atoms with Crippen molar-refractivity contribution in [3.05, 3.63) is 35.5 Å². The van der Waals surface area contributed by atoms with E-state index in [1.54, 1.807) is 12.1 Å². The van der Waals surface area contributed by atoms with Crippen molar-refractivity contribution in [3.8, 4) is 5.88 Å². The molecule has 2 rings (SSSR count). The Balaban J connectivity index is 2.71. The lowest BCUT2D eigenvalue weighted by Gasteiger charge is -2.22. The van der Waals surface area contributed by atoms with Crippen LogP contribution in [0.5, 0.6) is 5.88 Å². The highest BCUT2D eigenvalue weighted by Crippen LogP contribution is 2.34. The molecule has 11 heteroatoms. The van der Waals surface area contributed by atoms with Gasteiger partial charge in [-0.25, -0.2) is 26.1 Å². The van der Waals surface area contributed by atoms with Gasteiger partial charge in [-0.3, -0.25) is 0 Å². The van der Waals surface area contributed by atoms with Gasteiger partial charge < -0.3 is 4.74 Å². The van der Waals surface area contributed by atoms with Crippen molar-refractivity contribution in [2.75, 3.05) is 23.4 Å². The molecule has 0 spiro atoms. The molecule has 0 saturated heterocycles. The Kier molecular flexibility index (Phi) is 5.55. The van der Waals surface area contributed by atoms with E-state index < -0.39 is 19.9 Å². The third-order valence-corrected chi connectivity index (χ3v) is 6.04. The molecule has 0 fully saturated rings. The van der Waals surface area contributed by atoms with Crippen LogP contribution in [-0.4, -0.2) is 45.9 Å². The molecule has 0 bridgehead atoms. The summed E-state index contributed by atoms with van der Waals surface area (Å²) in [7, 11) is -6.21. The molecule has 0 amide bonds. The van der Waals surface area contributed by atoms with Crippen LogP contribution in [0, 0.1) is 0 Å². The highest BCUT2D eigenvalue weighted by molar-refractivity contribution is 7.92. The average molecular weight is 406 g/mol. The molecule has 0 atom stereocenters. The van der Waals surface area contributed by atoms with Gasteiger partial charge in [-0.2, -0.15) is 4.98 Å². The SMILES string of the molecule is CCS(=O)(=O)c1cnc(N(c2cccc(Cl)c2)S(C)(=O)=O)c(OC)n1. The minimum Gasteiger partial charge on any atom is -0.478 e. The van der Waals surface area contributed by atoms with Crippen LogP contribution in [0.2, 0.25) is 5.02 Å². The number of sulfonamides is 1. The molecule has 0 aliphatic rings. The van der Waals surface area contributed by atoms with E-state index >= 15 is 0 Å². The second-order valence-electron chi connectivity index (χ2n) is 4.95. The van der Waals surface area contributed by atoms with E-state index in [2.05, 4.69) is 9.97 Å². The lowest BCUT2D eigenvalue weighted by atomic mass is 10.3. The van der Waals surface area contributed by atoms with E-state index in [0.29, 0.717) is 5.02 Å². The Hall–Kier alpha value is -1.91. The van der Waals surface area contributed by atoms with Crippen molar-refractivity contribution >= 4 is 43.0 Å². The van der Waals surface area contributed by atoms with Gasteiger partial charge in [0.05, 0.1) is 31.0 Å². The van der Waals surface area contributed by atoms with Crippen LogP contribution < -0.4 is 9.04 Å². The Morgan fingerprint density at radius 1 is 1.24 bits per heavy atom. The number of hydrogen-bond donors (Lipinski definition) is 0. The first-order valence-corrected chi connectivity index (χ1v) is 10.9. The van der Waals surface area contributed by atoms with Gasteiger partial charge in [0, 0.05) is 5.02 Å². The molecule has 1 aromatic heterocycles. The summed E-state index contributed by atoms with van der Waals surface area (Å²) in [5.74, 6) is -0.573.